The number of anilines is 1. The summed E-state index contributed by atoms with van der Waals surface area (Å²) >= 11 is 0. The number of alkyl halides is 1. The Morgan fingerprint density at radius 3 is 2.88 bits per heavy atom. The second kappa shape index (κ2) is 3.73. The molecule has 2 aromatic rings. The zero-order valence-corrected chi connectivity index (χ0v) is 8.88. The molecule has 2 aromatic heterocycles. The molecule has 0 amide bonds. The van der Waals surface area contributed by atoms with Crippen molar-refractivity contribution < 1.29 is 4.39 Å². The normalized spacial score (nSPS) is 18.2. The average molecular weight is 220 g/mol. The van der Waals surface area contributed by atoms with Gasteiger partial charge in [0.05, 0.1) is 6.20 Å². The van der Waals surface area contributed by atoms with E-state index in [1.165, 1.54) is 0 Å². The van der Waals surface area contributed by atoms with Gasteiger partial charge in [0.15, 0.2) is 5.82 Å². The van der Waals surface area contributed by atoms with Crippen LogP contribution in [-0.2, 0) is 0 Å². The molecular weight excluding hydrogens is 207 g/mol. The first-order valence-corrected chi connectivity index (χ1v) is 5.52. The predicted molar refractivity (Wildman–Crippen MR) is 59.3 cm³/mol. The summed E-state index contributed by atoms with van der Waals surface area (Å²) in [5.74, 6) is 0.909. The van der Waals surface area contributed by atoms with E-state index in [2.05, 4.69) is 15.0 Å². The lowest BCUT2D eigenvalue weighted by Gasteiger charge is -2.29. The third-order valence-electron chi connectivity index (χ3n) is 3.03. The van der Waals surface area contributed by atoms with E-state index in [4.69, 9.17) is 0 Å². The maximum Gasteiger partial charge on any atom is 0.154 e. The van der Waals surface area contributed by atoms with Gasteiger partial charge < -0.3 is 4.90 Å². The lowest BCUT2D eigenvalue weighted by molar-refractivity contribution is 0.277. The molecular formula is C11H13FN4. The lowest BCUT2D eigenvalue weighted by Crippen LogP contribution is -2.35. The molecule has 0 aliphatic carbocycles. The van der Waals surface area contributed by atoms with E-state index < -0.39 is 6.17 Å². The summed E-state index contributed by atoms with van der Waals surface area (Å²) in [6.07, 6.45) is 5.84. The Bertz CT molecular complexity index is 487. The minimum Gasteiger partial charge on any atom is -0.355 e. The summed E-state index contributed by atoms with van der Waals surface area (Å²) in [4.78, 5) is 6.50. The number of halogens is 1. The van der Waals surface area contributed by atoms with Crippen molar-refractivity contribution in [3.63, 3.8) is 0 Å². The van der Waals surface area contributed by atoms with Gasteiger partial charge in [-0.1, -0.05) is 0 Å². The van der Waals surface area contributed by atoms with Gasteiger partial charge in [-0.3, -0.25) is 0 Å². The molecule has 3 heterocycles. The summed E-state index contributed by atoms with van der Waals surface area (Å²) in [5, 5.41) is 4.17. The van der Waals surface area contributed by atoms with Gasteiger partial charge in [-0.05, 0) is 18.9 Å². The van der Waals surface area contributed by atoms with E-state index in [0.717, 1.165) is 24.4 Å². The van der Waals surface area contributed by atoms with Crippen molar-refractivity contribution in [3.05, 3.63) is 24.7 Å². The van der Waals surface area contributed by atoms with Crippen LogP contribution in [0.3, 0.4) is 0 Å². The summed E-state index contributed by atoms with van der Waals surface area (Å²) in [6, 6.07) is 1.93. The molecule has 0 bridgehead atoms. The highest BCUT2D eigenvalue weighted by atomic mass is 19.1. The SMILES string of the molecule is FC1CCN(c2nccn3nccc23)CC1. The average Bonchev–Trinajstić information content (AvgIpc) is 2.78. The molecule has 16 heavy (non-hydrogen) atoms. The number of nitrogens with zero attached hydrogens (tertiary/aromatic N) is 4. The second-order valence-electron chi connectivity index (χ2n) is 4.07. The van der Waals surface area contributed by atoms with Crippen molar-refractivity contribution in [3.8, 4) is 0 Å². The molecule has 0 aromatic carbocycles. The molecule has 0 N–H and O–H groups in total. The van der Waals surface area contributed by atoms with Crippen LogP contribution < -0.4 is 4.90 Å². The van der Waals surface area contributed by atoms with Gasteiger partial charge in [0, 0.05) is 25.5 Å². The zero-order valence-electron chi connectivity index (χ0n) is 8.88. The van der Waals surface area contributed by atoms with Crippen LogP contribution in [0, 0.1) is 0 Å². The smallest absolute Gasteiger partial charge is 0.154 e. The van der Waals surface area contributed by atoms with Gasteiger partial charge in [0.2, 0.25) is 0 Å². The lowest BCUT2D eigenvalue weighted by atomic mass is 10.1. The Balaban J connectivity index is 1.96. The van der Waals surface area contributed by atoms with E-state index in [9.17, 15) is 4.39 Å². The third kappa shape index (κ3) is 1.52. The first kappa shape index (κ1) is 9.57. The number of hydrogen-bond acceptors (Lipinski definition) is 3. The van der Waals surface area contributed by atoms with Gasteiger partial charge in [-0.2, -0.15) is 5.10 Å². The van der Waals surface area contributed by atoms with Gasteiger partial charge in [-0.15, -0.1) is 0 Å². The molecule has 1 saturated heterocycles. The van der Waals surface area contributed by atoms with Crippen LogP contribution >= 0.6 is 0 Å². The highest BCUT2D eigenvalue weighted by Gasteiger charge is 2.20. The number of piperidine rings is 1. The number of hydrogen-bond donors (Lipinski definition) is 0. The Labute approximate surface area is 92.7 Å². The predicted octanol–water partition coefficient (Wildman–Crippen LogP) is 1.67. The molecule has 0 unspecified atom stereocenters. The van der Waals surface area contributed by atoms with Crippen LogP contribution in [-0.4, -0.2) is 33.9 Å². The number of fused-ring (bicyclic) bond motifs is 1. The molecule has 5 heteroatoms. The van der Waals surface area contributed by atoms with Crippen LogP contribution in [0.25, 0.3) is 5.52 Å². The Hall–Kier alpha value is -1.65. The quantitative estimate of drug-likeness (QED) is 0.733. The van der Waals surface area contributed by atoms with Crippen LogP contribution in [0.2, 0.25) is 0 Å². The fourth-order valence-corrected chi connectivity index (χ4v) is 2.15. The molecule has 0 saturated carbocycles. The summed E-state index contributed by atoms with van der Waals surface area (Å²) in [5.41, 5.74) is 0.986. The fraction of sp³-hybridized carbons (Fsp3) is 0.455. The van der Waals surface area contributed by atoms with Crippen molar-refractivity contribution in [1.29, 1.82) is 0 Å². The van der Waals surface area contributed by atoms with Crippen LogP contribution in [0.5, 0.6) is 0 Å². The molecule has 0 spiro atoms. The van der Waals surface area contributed by atoms with Crippen LogP contribution in [0.15, 0.2) is 24.7 Å². The van der Waals surface area contributed by atoms with Crippen molar-refractivity contribution >= 4 is 11.3 Å². The van der Waals surface area contributed by atoms with Crippen molar-refractivity contribution in [2.45, 2.75) is 19.0 Å². The second-order valence-corrected chi connectivity index (χ2v) is 4.07. The van der Waals surface area contributed by atoms with Crippen molar-refractivity contribution in [2.24, 2.45) is 0 Å². The molecule has 84 valence electrons. The Kier molecular flexibility index (Phi) is 2.23. The maximum absolute atomic E-state index is 13.1. The molecule has 4 nitrogen and oxygen atoms in total. The van der Waals surface area contributed by atoms with Crippen LogP contribution in [0.4, 0.5) is 10.2 Å². The van der Waals surface area contributed by atoms with E-state index in [1.54, 1.807) is 16.9 Å². The summed E-state index contributed by atoms with van der Waals surface area (Å²) in [7, 11) is 0. The van der Waals surface area contributed by atoms with E-state index in [0.29, 0.717) is 12.8 Å². The van der Waals surface area contributed by atoms with Gasteiger partial charge >= 0.3 is 0 Å². The van der Waals surface area contributed by atoms with Gasteiger partial charge in [0.25, 0.3) is 0 Å². The zero-order chi connectivity index (χ0) is 11.0. The standard InChI is InChI=1S/C11H13FN4/c12-9-2-6-15(7-3-9)11-10-1-4-14-16(10)8-5-13-11/h1,4-5,8-9H,2-3,6-7H2. The fourth-order valence-electron chi connectivity index (χ4n) is 2.15. The summed E-state index contributed by atoms with van der Waals surface area (Å²) in [6.45, 7) is 1.47. The van der Waals surface area contributed by atoms with Gasteiger partial charge in [-0.25, -0.2) is 13.9 Å². The van der Waals surface area contributed by atoms with E-state index in [1.807, 2.05) is 12.3 Å². The maximum atomic E-state index is 13.1. The molecule has 0 atom stereocenters. The first-order valence-electron chi connectivity index (χ1n) is 5.52. The highest BCUT2D eigenvalue weighted by Crippen LogP contribution is 2.23. The summed E-state index contributed by atoms with van der Waals surface area (Å²) < 4.78 is 14.9. The minimum absolute atomic E-state index is 0.594. The third-order valence-corrected chi connectivity index (χ3v) is 3.03. The van der Waals surface area contributed by atoms with Crippen molar-refractivity contribution in [2.75, 3.05) is 18.0 Å². The Morgan fingerprint density at radius 2 is 2.06 bits per heavy atom. The van der Waals surface area contributed by atoms with Crippen LogP contribution in [0.1, 0.15) is 12.8 Å². The van der Waals surface area contributed by atoms with E-state index in [-0.39, 0.29) is 0 Å². The molecule has 1 aliphatic heterocycles. The monoisotopic (exact) mass is 220 g/mol. The minimum atomic E-state index is -0.652. The van der Waals surface area contributed by atoms with Crippen molar-refractivity contribution in [1.82, 2.24) is 14.6 Å². The highest BCUT2D eigenvalue weighted by molar-refractivity contribution is 5.68. The largest absolute Gasteiger partial charge is 0.355 e. The first-order chi connectivity index (χ1) is 7.84. The van der Waals surface area contributed by atoms with E-state index >= 15 is 0 Å². The molecule has 1 fully saturated rings. The Morgan fingerprint density at radius 1 is 1.25 bits per heavy atom. The number of aromatic nitrogens is 3. The number of rotatable bonds is 1. The molecule has 3 rings (SSSR count). The molecule has 1 aliphatic rings. The topological polar surface area (TPSA) is 33.4 Å². The van der Waals surface area contributed by atoms with Gasteiger partial charge in [0.1, 0.15) is 11.7 Å². The molecule has 0 radical (unpaired) electrons.